The van der Waals surface area contributed by atoms with Crippen LogP contribution in [0.3, 0.4) is 0 Å². The van der Waals surface area contributed by atoms with E-state index in [1.54, 1.807) is 0 Å². The van der Waals surface area contributed by atoms with Crippen LogP contribution in [0.5, 0.6) is 0 Å². The summed E-state index contributed by atoms with van der Waals surface area (Å²) in [5.74, 6) is 1.03. The number of piperidine rings is 1. The smallest absolute Gasteiger partial charge is 0.267 e. The van der Waals surface area contributed by atoms with Crippen LogP contribution >= 0.6 is 27.5 Å². The molecule has 0 aromatic carbocycles. The van der Waals surface area contributed by atoms with E-state index >= 15 is 0 Å². The predicted octanol–water partition coefficient (Wildman–Crippen LogP) is 3.30. The van der Waals surface area contributed by atoms with E-state index in [0.717, 1.165) is 36.5 Å². The lowest BCUT2D eigenvalue weighted by Gasteiger charge is -2.33. The minimum absolute atomic E-state index is 0.111. The molecule has 0 aliphatic carbocycles. The zero-order chi connectivity index (χ0) is 14.0. The van der Waals surface area contributed by atoms with E-state index in [-0.39, 0.29) is 11.8 Å². The number of amides is 1. The third-order valence-corrected chi connectivity index (χ3v) is 5.21. The van der Waals surface area contributed by atoms with Gasteiger partial charge >= 0.3 is 0 Å². The van der Waals surface area contributed by atoms with E-state index in [9.17, 15) is 4.79 Å². The number of alkyl halides is 1. The Kier molecular flexibility index (Phi) is 4.95. The zero-order valence-electron chi connectivity index (χ0n) is 11.6. The number of carbonyl (C=O) groups excluding carboxylic acids is 1. The summed E-state index contributed by atoms with van der Waals surface area (Å²) in [6.07, 6.45) is 2.14. The third kappa shape index (κ3) is 3.34. The second-order valence-electron chi connectivity index (χ2n) is 5.45. The van der Waals surface area contributed by atoms with Gasteiger partial charge in [0.25, 0.3) is 5.91 Å². The van der Waals surface area contributed by atoms with Gasteiger partial charge in [0.2, 0.25) is 0 Å². The Bertz CT molecular complexity index is 439. The van der Waals surface area contributed by atoms with Crippen molar-refractivity contribution in [2.75, 3.05) is 13.1 Å². The molecular formula is C13H20BrN3OS. The Morgan fingerprint density at radius 1 is 1.37 bits per heavy atom. The van der Waals surface area contributed by atoms with Crippen LogP contribution < -0.4 is 0 Å². The van der Waals surface area contributed by atoms with Gasteiger partial charge in [0, 0.05) is 17.9 Å². The summed E-state index contributed by atoms with van der Waals surface area (Å²) in [4.78, 5) is 15.7. The maximum atomic E-state index is 12.5. The first kappa shape index (κ1) is 14.9. The number of nitrogens with zero attached hydrogens (tertiary/aromatic N) is 3. The van der Waals surface area contributed by atoms with Gasteiger partial charge in [0.15, 0.2) is 0 Å². The van der Waals surface area contributed by atoms with Crippen LogP contribution in [0, 0.1) is 5.92 Å². The molecule has 6 heteroatoms. The number of likely N-dealkylation sites (tertiary alicyclic amines) is 1. The van der Waals surface area contributed by atoms with Crippen molar-refractivity contribution in [3.05, 3.63) is 10.6 Å². The first-order valence-electron chi connectivity index (χ1n) is 6.76. The molecule has 1 saturated heterocycles. The van der Waals surface area contributed by atoms with Gasteiger partial charge in [-0.25, -0.2) is 0 Å². The molecule has 106 valence electrons. The average molecular weight is 346 g/mol. The van der Waals surface area contributed by atoms with E-state index < -0.39 is 0 Å². The van der Waals surface area contributed by atoms with Crippen molar-refractivity contribution in [1.82, 2.24) is 14.5 Å². The van der Waals surface area contributed by atoms with Crippen LogP contribution in [0.15, 0.2) is 0 Å². The van der Waals surface area contributed by atoms with Crippen LogP contribution in [0.1, 0.15) is 54.9 Å². The maximum absolute atomic E-state index is 12.5. The lowest BCUT2D eigenvalue weighted by molar-refractivity contribution is 0.0694. The van der Waals surface area contributed by atoms with Crippen molar-refractivity contribution >= 4 is 33.4 Å². The third-order valence-electron chi connectivity index (χ3n) is 3.73. The zero-order valence-corrected chi connectivity index (χ0v) is 14.0. The number of carbonyl (C=O) groups is 1. The predicted molar refractivity (Wildman–Crippen MR) is 81.0 cm³/mol. The molecule has 2 heterocycles. The molecule has 1 atom stereocenters. The second kappa shape index (κ2) is 6.31. The van der Waals surface area contributed by atoms with Gasteiger partial charge in [0.1, 0.15) is 4.88 Å². The monoisotopic (exact) mass is 345 g/mol. The van der Waals surface area contributed by atoms with Gasteiger partial charge in [0.05, 0.1) is 5.69 Å². The van der Waals surface area contributed by atoms with E-state index in [1.807, 2.05) is 18.7 Å². The summed E-state index contributed by atoms with van der Waals surface area (Å²) in [5, 5.41) is 4.09. The molecule has 0 saturated carbocycles. The van der Waals surface area contributed by atoms with Crippen molar-refractivity contribution in [1.29, 1.82) is 0 Å². The normalized spacial score (nSPS) is 18.9. The molecule has 2 rings (SSSR count). The maximum Gasteiger partial charge on any atom is 0.267 e. The first-order chi connectivity index (χ1) is 9.00. The van der Waals surface area contributed by atoms with Crippen molar-refractivity contribution in [3.8, 4) is 0 Å². The average Bonchev–Trinajstić information content (AvgIpc) is 2.87. The van der Waals surface area contributed by atoms with Crippen molar-refractivity contribution < 1.29 is 4.79 Å². The highest BCUT2D eigenvalue weighted by Crippen LogP contribution is 2.27. The van der Waals surface area contributed by atoms with Gasteiger partial charge in [-0.05, 0) is 36.2 Å². The largest absolute Gasteiger partial charge is 0.338 e. The van der Waals surface area contributed by atoms with Gasteiger partial charge in [-0.15, -0.1) is 5.10 Å². The Hall–Kier alpha value is -0.490. The van der Waals surface area contributed by atoms with Crippen LogP contribution in [0.4, 0.5) is 0 Å². The summed E-state index contributed by atoms with van der Waals surface area (Å²) < 4.78 is 3.94. The quantitative estimate of drug-likeness (QED) is 0.789. The molecule has 1 aliphatic heterocycles. The van der Waals surface area contributed by atoms with Crippen molar-refractivity contribution in [2.24, 2.45) is 5.92 Å². The number of halogens is 1. The molecule has 0 N–H and O–H groups in total. The van der Waals surface area contributed by atoms with E-state index in [0.29, 0.717) is 10.7 Å². The Labute approximate surface area is 126 Å². The van der Waals surface area contributed by atoms with Gasteiger partial charge < -0.3 is 4.90 Å². The molecule has 1 unspecified atom stereocenters. The van der Waals surface area contributed by atoms with Crippen LogP contribution in [0.2, 0.25) is 0 Å². The van der Waals surface area contributed by atoms with Crippen molar-refractivity contribution in [3.63, 3.8) is 0 Å². The highest BCUT2D eigenvalue weighted by molar-refractivity contribution is 9.09. The second-order valence-corrected chi connectivity index (χ2v) is 7.65. The fraction of sp³-hybridized carbons (Fsp3) is 0.769. The van der Waals surface area contributed by atoms with Gasteiger partial charge in [-0.2, -0.15) is 0 Å². The number of aromatic nitrogens is 2. The minimum Gasteiger partial charge on any atom is -0.338 e. The highest BCUT2D eigenvalue weighted by Gasteiger charge is 2.28. The Morgan fingerprint density at radius 2 is 2.00 bits per heavy atom. The molecule has 1 fully saturated rings. The number of rotatable bonds is 3. The molecule has 0 radical (unpaired) electrons. The number of hydrogen-bond donors (Lipinski definition) is 0. The molecule has 4 nitrogen and oxygen atoms in total. The molecular weight excluding hydrogens is 326 g/mol. The van der Waals surface area contributed by atoms with Gasteiger partial charge in [-0.1, -0.05) is 41.2 Å². The molecule has 0 bridgehead atoms. The summed E-state index contributed by atoms with van der Waals surface area (Å²) in [6.45, 7) is 7.97. The molecule has 1 aromatic heterocycles. The molecule has 1 aromatic rings. The van der Waals surface area contributed by atoms with E-state index in [2.05, 4.69) is 32.4 Å². The molecule has 1 amide bonds. The van der Waals surface area contributed by atoms with Crippen molar-refractivity contribution in [2.45, 2.75) is 44.4 Å². The first-order valence-corrected chi connectivity index (χ1v) is 8.45. The summed E-state index contributed by atoms with van der Waals surface area (Å²) in [5.41, 5.74) is 0.839. The Morgan fingerprint density at radius 3 is 2.53 bits per heavy atom. The minimum atomic E-state index is 0.111. The Balaban J connectivity index is 2.03. The SMILES string of the molecule is CC(C)c1nnsc1C(=O)N1CCC(C(C)Br)CC1. The summed E-state index contributed by atoms with van der Waals surface area (Å²) >= 11 is 4.87. The van der Waals surface area contributed by atoms with Gasteiger partial charge in [-0.3, -0.25) is 4.79 Å². The molecule has 0 spiro atoms. The number of hydrogen-bond acceptors (Lipinski definition) is 4. The van der Waals surface area contributed by atoms with E-state index in [4.69, 9.17) is 0 Å². The highest BCUT2D eigenvalue weighted by atomic mass is 79.9. The fourth-order valence-electron chi connectivity index (χ4n) is 2.43. The van der Waals surface area contributed by atoms with Crippen LogP contribution in [-0.2, 0) is 0 Å². The molecule has 19 heavy (non-hydrogen) atoms. The van der Waals surface area contributed by atoms with E-state index in [1.165, 1.54) is 11.5 Å². The standard InChI is InChI=1S/C13H20BrN3OS/c1-8(2)11-12(19-16-15-11)13(18)17-6-4-10(5-7-17)9(3)14/h8-10H,4-7H2,1-3H3. The topological polar surface area (TPSA) is 46.1 Å². The van der Waals surface area contributed by atoms with Crippen LogP contribution in [-0.4, -0.2) is 38.3 Å². The lowest BCUT2D eigenvalue weighted by Crippen LogP contribution is -2.40. The summed E-state index contributed by atoms with van der Waals surface area (Å²) in [7, 11) is 0. The molecule has 1 aliphatic rings. The lowest BCUT2D eigenvalue weighted by atomic mass is 9.94. The fourth-order valence-corrected chi connectivity index (χ4v) is 3.75. The summed E-state index contributed by atoms with van der Waals surface area (Å²) in [6, 6.07) is 0. The van der Waals surface area contributed by atoms with Crippen LogP contribution in [0.25, 0.3) is 0 Å².